The van der Waals surface area contributed by atoms with E-state index in [4.69, 9.17) is 27.5 Å². The fraction of sp³-hybridized carbons (Fsp3) is 0.250. The van der Waals surface area contributed by atoms with Gasteiger partial charge in [-0.1, -0.05) is 29.7 Å². The van der Waals surface area contributed by atoms with Crippen molar-refractivity contribution in [1.29, 1.82) is 0 Å². The molecular weight excluding hydrogens is 352 g/mol. The third-order valence-corrected chi connectivity index (χ3v) is 4.15. The second-order valence-electron chi connectivity index (χ2n) is 5.86. The quantitative estimate of drug-likeness (QED) is 0.599. The van der Waals surface area contributed by atoms with Gasteiger partial charge in [-0.25, -0.2) is 4.79 Å². The van der Waals surface area contributed by atoms with Gasteiger partial charge in [0.15, 0.2) is 0 Å². The van der Waals surface area contributed by atoms with E-state index in [0.29, 0.717) is 37.0 Å². The molecule has 1 aliphatic rings. The van der Waals surface area contributed by atoms with Crippen LogP contribution in [0.5, 0.6) is 5.75 Å². The third kappa shape index (κ3) is 4.69. The Bertz CT molecular complexity index is 801. The third-order valence-electron chi connectivity index (χ3n) is 3.92. The van der Waals surface area contributed by atoms with Crippen LogP contribution in [0.3, 0.4) is 0 Å². The predicted molar refractivity (Wildman–Crippen MR) is 102 cm³/mol. The first-order valence-corrected chi connectivity index (χ1v) is 8.63. The van der Waals surface area contributed by atoms with E-state index >= 15 is 0 Å². The summed E-state index contributed by atoms with van der Waals surface area (Å²) in [5, 5.41) is 3.73. The SMILES string of the molecule is C#CCNCC1CN(c2ccc(OCc3cccc(Cl)c3)cc2)C(=O)O1. The van der Waals surface area contributed by atoms with Crippen molar-refractivity contribution < 1.29 is 14.3 Å². The summed E-state index contributed by atoms with van der Waals surface area (Å²) in [5.74, 6) is 3.21. The summed E-state index contributed by atoms with van der Waals surface area (Å²) in [6, 6.07) is 14.9. The normalized spacial score (nSPS) is 16.2. The molecule has 1 aliphatic heterocycles. The van der Waals surface area contributed by atoms with Gasteiger partial charge in [0, 0.05) is 17.3 Å². The number of anilines is 1. The summed E-state index contributed by atoms with van der Waals surface area (Å²) in [6.45, 7) is 1.90. The van der Waals surface area contributed by atoms with E-state index in [0.717, 1.165) is 11.3 Å². The Hall–Kier alpha value is -2.68. The van der Waals surface area contributed by atoms with Gasteiger partial charge in [-0.2, -0.15) is 0 Å². The molecule has 1 atom stereocenters. The standard InChI is InChI=1S/C20H19ClN2O3/c1-2-10-22-12-19-13-23(20(24)26-19)17-6-8-18(9-7-17)25-14-15-4-3-5-16(21)11-15/h1,3-9,11,19,22H,10,12-14H2. The van der Waals surface area contributed by atoms with Crippen LogP contribution in [-0.4, -0.2) is 31.8 Å². The molecule has 2 aromatic rings. The van der Waals surface area contributed by atoms with Crippen molar-refractivity contribution in [3.05, 3.63) is 59.1 Å². The smallest absolute Gasteiger partial charge is 0.414 e. The summed E-state index contributed by atoms with van der Waals surface area (Å²) in [7, 11) is 0. The van der Waals surface area contributed by atoms with Gasteiger partial charge in [0.2, 0.25) is 0 Å². The first kappa shape index (κ1) is 18.1. The predicted octanol–water partition coefficient (Wildman–Crippen LogP) is 3.47. The molecule has 5 nitrogen and oxygen atoms in total. The Morgan fingerprint density at radius 3 is 2.85 bits per heavy atom. The number of rotatable bonds is 7. The number of terminal acetylenes is 1. The number of hydrogen-bond acceptors (Lipinski definition) is 4. The number of cyclic esters (lactones) is 1. The fourth-order valence-electron chi connectivity index (χ4n) is 2.66. The number of halogens is 1. The van der Waals surface area contributed by atoms with Gasteiger partial charge < -0.3 is 14.8 Å². The highest BCUT2D eigenvalue weighted by Gasteiger charge is 2.31. The molecular formula is C20H19ClN2O3. The van der Waals surface area contributed by atoms with E-state index < -0.39 is 0 Å². The molecule has 2 aromatic carbocycles. The Kier molecular flexibility index (Phi) is 6.00. The lowest BCUT2D eigenvalue weighted by Crippen LogP contribution is -2.31. The molecule has 1 unspecified atom stereocenters. The maximum atomic E-state index is 12.0. The monoisotopic (exact) mass is 370 g/mol. The van der Waals surface area contributed by atoms with Crippen molar-refractivity contribution in [1.82, 2.24) is 5.32 Å². The van der Waals surface area contributed by atoms with Crippen molar-refractivity contribution in [2.45, 2.75) is 12.7 Å². The maximum Gasteiger partial charge on any atom is 0.414 e. The molecule has 1 amide bonds. The molecule has 1 heterocycles. The minimum absolute atomic E-state index is 0.213. The van der Waals surface area contributed by atoms with Crippen LogP contribution in [0.1, 0.15) is 5.56 Å². The molecule has 0 bridgehead atoms. The van der Waals surface area contributed by atoms with Crippen LogP contribution in [0.2, 0.25) is 5.02 Å². The lowest BCUT2D eigenvalue weighted by atomic mass is 10.2. The van der Waals surface area contributed by atoms with Crippen LogP contribution >= 0.6 is 11.6 Å². The lowest BCUT2D eigenvalue weighted by Gasteiger charge is -2.14. The number of benzene rings is 2. The van der Waals surface area contributed by atoms with Crippen molar-refractivity contribution in [3.8, 4) is 18.1 Å². The topological polar surface area (TPSA) is 50.8 Å². The molecule has 0 aromatic heterocycles. The number of hydrogen-bond donors (Lipinski definition) is 1. The molecule has 0 aliphatic carbocycles. The first-order chi connectivity index (χ1) is 12.7. The fourth-order valence-corrected chi connectivity index (χ4v) is 2.87. The van der Waals surface area contributed by atoms with Crippen molar-refractivity contribution >= 4 is 23.4 Å². The van der Waals surface area contributed by atoms with E-state index in [1.54, 1.807) is 4.90 Å². The van der Waals surface area contributed by atoms with Gasteiger partial charge in [0.05, 0.1) is 13.1 Å². The summed E-state index contributed by atoms with van der Waals surface area (Å²) in [4.78, 5) is 13.6. The average Bonchev–Trinajstić information content (AvgIpc) is 3.01. The molecule has 26 heavy (non-hydrogen) atoms. The van der Waals surface area contributed by atoms with Gasteiger partial charge >= 0.3 is 6.09 Å². The Morgan fingerprint density at radius 2 is 2.12 bits per heavy atom. The molecule has 3 rings (SSSR count). The van der Waals surface area contributed by atoms with E-state index in [2.05, 4.69) is 11.2 Å². The molecule has 6 heteroatoms. The first-order valence-electron chi connectivity index (χ1n) is 8.25. The molecule has 0 spiro atoms. The molecule has 1 fully saturated rings. The maximum absolute atomic E-state index is 12.0. The minimum Gasteiger partial charge on any atom is -0.489 e. The number of carbonyl (C=O) groups is 1. The summed E-state index contributed by atoms with van der Waals surface area (Å²) in [6.07, 6.45) is 4.62. The Labute approximate surface area is 157 Å². The van der Waals surface area contributed by atoms with E-state index in [-0.39, 0.29) is 12.2 Å². The molecule has 1 N–H and O–H groups in total. The zero-order valence-corrected chi connectivity index (χ0v) is 14.9. The van der Waals surface area contributed by atoms with Crippen LogP contribution in [0, 0.1) is 12.3 Å². The van der Waals surface area contributed by atoms with E-state index in [9.17, 15) is 4.79 Å². The minimum atomic E-state index is -0.356. The molecule has 134 valence electrons. The van der Waals surface area contributed by atoms with Crippen LogP contribution in [-0.2, 0) is 11.3 Å². The highest BCUT2D eigenvalue weighted by molar-refractivity contribution is 6.30. The van der Waals surface area contributed by atoms with Crippen LogP contribution in [0.25, 0.3) is 0 Å². The van der Waals surface area contributed by atoms with Gasteiger partial charge in [-0.05, 0) is 42.0 Å². The molecule has 0 radical (unpaired) electrons. The highest BCUT2D eigenvalue weighted by atomic mass is 35.5. The summed E-state index contributed by atoms with van der Waals surface area (Å²) >= 11 is 5.97. The van der Waals surface area contributed by atoms with Crippen molar-refractivity contribution in [2.24, 2.45) is 0 Å². The Balaban J connectivity index is 1.55. The second-order valence-corrected chi connectivity index (χ2v) is 6.30. The number of nitrogens with one attached hydrogen (secondary N) is 1. The largest absolute Gasteiger partial charge is 0.489 e. The number of carbonyl (C=O) groups excluding carboxylic acids is 1. The van der Waals surface area contributed by atoms with Crippen molar-refractivity contribution in [2.75, 3.05) is 24.5 Å². The van der Waals surface area contributed by atoms with Crippen molar-refractivity contribution in [3.63, 3.8) is 0 Å². The summed E-state index contributed by atoms with van der Waals surface area (Å²) in [5.41, 5.74) is 1.76. The number of nitrogens with zero attached hydrogens (tertiary/aromatic N) is 1. The zero-order chi connectivity index (χ0) is 18.4. The van der Waals surface area contributed by atoms with Gasteiger partial charge in [0.25, 0.3) is 0 Å². The summed E-state index contributed by atoms with van der Waals surface area (Å²) < 4.78 is 11.1. The molecule has 0 saturated carbocycles. The number of amides is 1. The lowest BCUT2D eigenvalue weighted by molar-refractivity contribution is 0.141. The van der Waals surface area contributed by atoms with Crippen LogP contribution < -0.4 is 15.0 Å². The number of ether oxygens (including phenoxy) is 2. The molecule has 1 saturated heterocycles. The van der Waals surface area contributed by atoms with Gasteiger partial charge in [0.1, 0.15) is 18.5 Å². The van der Waals surface area contributed by atoms with E-state index in [1.807, 2.05) is 48.5 Å². The van der Waals surface area contributed by atoms with Gasteiger partial charge in [-0.3, -0.25) is 4.90 Å². The van der Waals surface area contributed by atoms with Crippen LogP contribution in [0.4, 0.5) is 10.5 Å². The van der Waals surface area contributed by atoms with E-state index in [1.165, 1.54) is 0 Å². The van der Waals surface area contributed by atoms with Gasteiger partial charge in [-0.15, -0.1) is 6.42 Å². The zero-order valence-electron chi connectivity index (χ0n) is 14.2. The second kappa shape index (κ2) is 8.61. The average molecular weight is 371 g/mol. The Morgan fingerprint density at radius 1 is 1.31 bits per heavy atom. The van der Waals surface area contributed by atoms with Crippen LogP contribution in [0.15, 0.2) is 48.5 Å². The highest BCUT2D eigenvalue weighted by Crippen LogP contribution is 2.24.